The third kappa shape index (κ3) is 3.04. The summed E-state index contributed by atoms with van der Waals surface area (Å²) in [7, 11) is 1.18. The Balaban J connectivity index is 3.15. The molecule has 0 amide bonds. The van der Waals surface area contributed by atoms with Crippen molar-refractivity contribution in [3.8, 4) is 5.75 Å². The number of aldehydes is 1. The fourth-order valence-corrected chi connectivity index (χ4v) is 1.21. The second-order valence-electron chi connectivity index (χ2n) is 3.02. The second-order valence-corrected chi connectivity index (χ2v) is 3.02. The van der Waals surface area contributed by atoms with Crippen molar-refractivity contribution in [2.45, 2.75) is 0 Å². The van der Waals surface area contributed by atoms with Crippen molar-refractivity contribution < 1.29 is 29.0 Å². The van der Waals surface area contributed by atoms with E-state index in [9.17, 15) is 14.4 Å². The molecule has 0 fully saturated rings. The highest BCUT2D eigenvalue weighted by atomic mass is 16.5. The van der Waals surface area contributed by atoms with Crippen LogP contribution in [0.25, 0.3) is 0 Å². The highest BCUT2D eigenvalue weighted by Gasteiger charge is 2.17. The van der Waals surface area contributed by atoms with Gasteiger partial charge in [0, 0.05) is 0 Å². The molecule has 1 aromatic rings. The zero-order valence-corrected chi connectivity index (χ0v) is 9.00. The van der Waals surface area contributed by atoms with Gasteiger partial charge in [-0.3, -0.25) is 4.79 Å². The molecule has 0 unspecified atom stereocenters. The molecule has 6 heteroatoms. The van der Waals surface area contributed by atoms with Gasteiger partial charge in [0.25, 0.3) is 0 Å². The first-order valence-electron chi connectivity index (χ1n) is 4.61. The zero-order valence-electron chi connectivity index (χ0n) is 9.00. The van der Waals surface area contributed by atoms with Gasteiger partial charge in [-0.25, -0.2) is 9.59 Å². The maximum atomic E-state index is 11.4. The number of carboxylic acids is 1. The first-order chi connectivity index (χ1) is 8.10. The number of carbonyl (C=O) groups excluding carboxylic acids is 2. The largest absolute Gasteiger partial charge is 0.480 e. The number of hydrogen-bond acceptors (Lipinski definition) is 5. The van der Waals surface area contributed by atoms with Crippen molar-refractivity contribution in [1.82, 2.24) is 0 Å². The van der Waals surface area contributed by atoms with Crippen LogP contribution in [0.4, 0.5) is 0 Å². The van der Waals surface area contributed by atoms with Gasteiger partial charge in [0.15, 0.2) is 12.9 Å². The van der Waals surface area contributed by atoms with Gasteiger partial charge in [-0.1, -0.05) is 6.07 Å². The summed E-state index contributed by atoms with van der Waals surface area (Å²) < 4.78 is 9.41. The normalized spacial score (nSPS) is 9.47. The van der Waals surface area contributed by atoms with Crippen molar-refractivity contribution in [3.05, 3.63) is 29.3 Å². The van der Waals surface area contributed by atoms with E-state index in [4.69, 9.17) is 9.84 Å². The molecule has 0 bridgehead atoms. The molecule has 0 atom stereocenters. The lowest BCUT2D eigenvalue weighted by molar-refractivity contribution is -0.139. The minimum Gasteiger partial charge on any atom is -0.480 e. The number of carbonyl (C=O) groups is 3. The average molecular weight is 238 g/mol. The zero-order chi connectivity index (χ0) is 12.8. The average Bonchev–Trinajstić information content (AvgIpc) is 2.34. The molecule has 0 aliphatic carbocycles. The number of rotatable bonds is 5. The van der Waals surface area contributed by atoms with E-state index in [-0.39, 0.29) is 16.9 Å². The van der Waals surface area contributed by atoms with E-state index in [1.165, 1.54) is 25.3 Å². The van der Waals surface area contributed by atoms with Gasteiger partial charge in [0.1, 0.15) is 11.3 Å². The predicted molar refractivity (Wildman–Crippen MR) is 56.3 cm³/mol. The molecular weight excluding hydrogens is 228 g/mol. The van der Waals surface area contributed by atoms with Crippen molar-refractivity contribution >= 4 is 18.2 Å². The van der Waals surface area contributed by atoms with Crippen LogP contribution in [-0.4, -0.2) is 37.0 Å². The lowest BCUT2D eigenvalue weighted by Crippen LogP contribution is -2.14. The highest BCUT2D eigenvalue weighted by Crippen LogP contribution is 2.23. The number of esters is 1. The van der Waals surface area contributed by atoms with Crippen LogP contribution in [0.15, 0.2) is 18.2 Å². The minimum absolute atomic E-state index is 0.0124. The Morgan fingerprint density at radius 3 is 2.65 bits per heavy atom. The Labute approximate surface area is 96.8 Å². The lowest BCUT2D eigenvalue weighted by atomic mass is 10.1. The highest BCUT2D eigenvalue weighted by molar-refractivity contribution is 5.96. The van der Waals surface area contributed by atoms with Crippen LogP contribution in [-0.2, 0) is 9.53 Å². The van der Waals surface area contributed by atoms with E-state index in [1.54, 1.807) is 0 Å². The molecule has 0 aromatic heterocycles. The molecule has 0 saturated heterocycles. The van der Waals surface area contributed by atoms with E-state index in [2.05, 4.69) is 4.74 Å². The number of carboxylic acid groups (broad SMARTS) is 1. The molecular formula is C11H10O6. The second kappa shape index (κ2) is 5.64. The summed E-state index contributed by atoms with van der Waals surface area (Å²) in [5.74, 6) is -1.99. The summed E-state index contributed by atoms with van der Waals surface area (Å²) in [5, 5.41) is 8.50. The molecule has 1 N–H and O–H groups in total. The minimum atomic E-state index is -1.21. The number of ether oxygens (including phenoxy) is 2. The van der Waals surface area contributed by atoms with Crippen LogP contribution in [0, 0.1) is 0 Å². The smallest absolute Gasteiger partial charge is 0.341 e. The Hall–Kier alpha value is -2.37. The van der Waals surface area contributed by atoms with Gasteiger partial charge in [0.05, 0.1) is 12.7 Å². The van der Waals surface area contributed by atoms with E-state index in [1.807, 2.05) is 0 Å². The van der Waals surface area contributed by atoms with Crippen LogP contribution in [0.5, 0.6) is 5.75 Å². The standard InChI is InChI=1S/C11H10O6/c1-16-11(15)8-4-2-3-7(5-12)10(8)17-6-9(13)14/h2-5H,6H2,1H3,(H,13,14). The quantitative estimate of drug-likeness (QED) is 0.601. The monoisotopic (exact) mass is 238 g/mol. The molecule has 1 aromatic carbocycles. The summed E-state index contributed by atoms with van der Waals surface area (Å²) in [6.07, 6.45) is 0.476. The summed E-state index contributed by atoms with van der Waals surface area (Å²) in [5.41, 5.74) is 0.104. The number of methoxy groups -OCH3 is 1. The van der Waals surface area contributed by atoms with E-state index < -0.39 is 18.5 Å². The van der Waals surface area contributed by atoms with E-state index >= 15 is 0 Å². The number of hydrogen-bond donors (Lipinski definition) is 1. The van der Waals surface area contributed by atoms with Gasteiger partial charge >= 0.3 is 11.9 Å². The number of benzene rings is 1. The first-order valence-corrected chi connectivity index (χ1v) is 4.61. The Kier molecular flexibility index (Phi) is 4.21. The molecule has 0 saturated carbocycles. The number of para-hydroxylation sites is 1. The first kappa shape index (κ1) is 12.7. The van der Waals surface area contributed by atoms with Crippen LogP contribution >= 0.6 is 0 Å². The lowest BCUT2D eigenvalue weighted by Gasteiger charge is -2.10. The fraction of sp³-hybridized carbons (Fsp3) is 0.182. The van der Waals surface area contributed by atoms with Gasteiger partial charge < -0.3 is 14.6 Å². The maximum Gasteiger partial charge on any atom is 0.341 e. The maximum absolute atomic E-state index is 11.4. The Bertz CT molecular complexity index is 451. The van der Waals surface area contributed by atoms with Crippen molar-refractivity contribution in [2.75, 3.05) is 13.7 Å². The fourth-order valence-electron chi connectivity index (χ4n) is 1.21. The van der Waals surface area contributed by atoms with Gasteiger partial charge in [-0.15, -0.1) is 0 Å². The molecule has 6 nitrogen and oxygen atoms in total. The molecule has 0 heterocycles. The van der Waals surface area contributed by atoms with Crippen LogP contribution in [0.1, 0.15) is 20.7 Å². The van der Waals surface area contributed by atoms with E-state index in [0.29, 0.717) is 6.29 Å². The predicted octanol–water partition coefficient (Wildman–Crippen LogP) is 0.749. The summed E-state index contributed by atoms with van der Waals surface area (Å²) in [6, 6.07) is 4.27. The Morgan fingerprint density at radius 1 is 1.41 bits per heavy atom. The third-order valence-corrected chi connectivity index (χ3v) is 1.92. The van der Waals surface area contributed by atoms with Crippen molar-refractivity contribution in [3.63, 3.8) is 0 Å². The topological polar surface area (TPSA) is 89.9 Å². The van der Waals surface area contributed by atoms with E-state index in [0.717, 1.165) is 0 Å². The molecule has 17 heavy (non-hydrogen) atoms. The SMILES string of the molecule is COC(=O)c1cccc(C=O)c1OCC(=O)O. The van der Waals surface area contributed by atoms with Crippen LogP contribution in [0.3, 0.4) is 0 Å². The molecule has 1 rings (SSSR count). The molecule has 0 radical (unpaired) electrons. The Morgan fingerprint density at radius 2 is 2.12 bits per heavy atom. The van der Waals surface area contributed by atoms with Gasteiger partial charge in [-0.05, 0) is 12.1 Å². The molecule has 0 aliphatic heterocycles. The van der Waals surface area contributed by atoms with Crippen molar-refractivity contribution in [1.29, 1.82) is 0 Å². The van der Waals surface area contributed by atoms with Crippen molar-refractivity contribution in [2.24, 2.45) is 0 Å². The summed E-state index contributed by atoms with van der Waals surface area (Å²) >= 11 is 0. The molecule has 90 valence electrons. The summed E-state index contributed by atoms with van der Waals surface area (Å²) in [6.45, 7) is -0.644. The number of aliphatic carboxylic acids is 1. The molecule has 0 aliphatic rings. The van der Waals surface area contributed by atoms with Gasteiger partial charge in [0.2, 0.25) is 0 Å². The summed E-state index contributed by atoms with van der Waals surface area (Å²) in [4.78, 5) is 32.5. The van der Waals surface area contributed by atoms with Crippen LogP contribution in [0.2, 0.25) is 0 Å². The van der Waals surface area contributed by atoms with Crippen LogP contribution < -0.4 is 4.74 Å². The third-order valence-electron chi connectivity index (χ3n) is 1.92. The van der Waals surface area contributed by atoms with Gasteiger partial charge in [-0.2, -0.15) is 0 Å². The molecule has 0 spiro atoms.